The van der Waals surface area contributed by atoms with Gasteiger partial charge in [0.15, 0.2) is 5.82 Å². The lowest BCUT2D eigenvalue weighted by Crippen LogP contribution is -2.16. The van der Waals surface area contributed by atoms with E-state index >= 15 is 0 Å². The summed E-state index contributed by atoms with van der Waals surface area (Å²) >= 11 is 3.50. The van der Waals surface area contributed by atoms with E-state index in [1.54, 1.807) is 7.11 Å². The molecule has 156 valence electrons. The molecule has 0 spiro atoms. The van der Waals surface area contributed by atoms with E-state index in [2.05, 4.69) is 26.6 Å². The van der Waals surface area contributed by atoms with Gasteiger partial charge >= 0.3 is 0 Å². The Morgan fingerprint density at radius 3 is 2.58 bits per heavy atom. The number of nitrogens with zero attached hydrogens (tertiary/aromatic N) is 2. The molecule has 7 heteroatoms. The number of hydrogen-bond acceptors (Lipinski definition) is 5. The van der Waals surface area contributed by atoms with Gasteiger partial charge < -0.3 is 15.4 Å². The van der Waals surface area contributed by atoms with E-state index in [1.165, 1.54) is 0 Å². The van der Waals surface area contributed by atoms with Gasteiger partial charge in [-0.05, 0) is 48.5 Å². The summed E-state index contributed by atoms with van der Waals surface area (Å²) in [7, 11) is 1.61. The van der Waals surface area contributed by atoms with Crippen LogP contribution in [0.15, 0.2) is 77.3 Å². The van der Waals surface area contributed by atoms with Gasteiger partial charge in [-0.2, -0.15) is 0 Å². The molecule has 0 unspecified atom stereocenters. The van der Waals surface area contributed by atoms with Gasteiger partial charge in [0.25, 0.3) is 0 Å². The standard InChI is InChI=1S/C24H21BrN4O2/c1-31-19-11-9-18(10-12-19)27-22(30)13-14-26-24-20-7-2-3-8-21(20)28-23(29-24)16-5-4-6-17(25)15-16/h2-12,15H,13-14H2,1H3,(H,27,30)(H,26,28,29). The minimum atomic E-state index is -0.0803. The lowest BCUT2D eigenvalue weighted by molar-refractivity contribution is -0.115. The Morgan fingerprint density at radius 1 is 1.00 bits per heavy atom. The number of hydrogen-bond donors (Lipinski definition) is 2. The first-order chi connectivity index (χ1) is 15.1. The van der Waals surface area contributed by atoms with Crippen molar-refractivity contribution in [3.05, 3.63) is 77.3 Å². The number of nitrogens with one attached hydrogen (secondary N) is 2. The van der Waals surface area contributed by atoms with Crippen LogP contribution in [0.5, 0.6) is 5.75 Å². The van der Waals surface area contributed by atoms with Gasteiger partial charge in [-0.15, -0.1) is 0 Å². The van der Waals surface area contributed by atoms with Crippen molar-refractivity contribution < 1.29 is 9.53 Å². The van der Waals surface area contributed by atoms with Crippen LogP contribution in [0.4, 0.5) is 11.5 Å². The summed E-state index contributed by atoms with van der Waals surface area (Å²) in [5.74, 6) is 2.00. The largest absolute Gasteiger partial charge is 0.497 e. The Balaban J connectivity index is 1.47. The molecule has 0 aliphatic carbocycles. The first kappa shape index (κ1) is 20.8. The monoisotopic (exact) mass is 476 g/mol. The zero-order valence-electron chi connectivity index (χ0n) is 16.9. The van der Waals surface area contributed by atoms with Crippen LogP contribution in [0.3, 0.4) is 0 Å². The fourth-order valence-corrected chi connectivity index (χ4v) is 3.56. The van der Waals surface area contributed by atoms with Crippen LogP contribution in [-0.4, -0.2) is 29.5 Å². The first-order valence-electron chi connectivity index (χ1n) is 9.83. The van der Waals surface area contributed by atoms with Crippen molar-refractivity contribution in [3.63, 3.8) is 0 Å². The highest BCUT2D eigenvalue weighted by Crippen LogP contribution is 2.26. The summed E-state index contributed by atoms with van der Waals surface area (Å²) in [5.41, 5.74) is 2.49. The third-order valence-electron chi connectivity index (χ3n) is 4.70. The molecule has 0 bridgehead atoms. The molecule has 0 aliphatic rings. The summed E-state index contributed by atoms with van der Waals surface area (Å²) in [6.07, 6.45) is 0.302. The van der Waals surface area contributed by atoms with Crippen LogP contribution in [0, 0.1) is 0 Å². The zero-order valence-corrected chi connectivity index (χ0v) is 18.5. The normalized spacial score (nSPS) is 10.6. The highest BCUT2D eigenvalue weighted by molar-refractivity contribution is 9.10. The molecule has 0 aliphatic heterocycles. The quantitative estimate of drug-likeness (QED) is 0.367. The predicted octanol–water partition coefficient (Wildman–Crippen LogP) is 5.51. The Bertz CT molecular complexity index is 1210. The molecule has 3 aromatic carbocycles. The topological polar surface area (TPSA) is 76.1 Å². The van der Waals surface area contributed by atoms with Crippen molar-refractivity contribution in [2.45, 2.75) is 6.42 Å². The first-order valence-corrected chi connectivity index (χ1v) is 10.6. The number of fused-ring (bicyclic) bond motifs is 1. The fraction of sp³-hybridized carbons (Fsp3) is 0.125. The van der Waals surface area contributed by atoms with Crippen molar-refractivity contribution in [1.82, 2.24) is 9.97 Å². The maximum atomic E-state index is 12.3. The summed E-state index contributed by atoms with van der Waals surface area (Å²) in [6.45, 7) is 0.445. The number of anilines is 2. The Morgan fingerprint density at radius 2 is 1.81 bits per heavy atom. The predicted molar refractivity (Wildman–Crippen MR) is 127 cm³/mol. The number of benzene rings is 3. The fourth-order valence-electron chi connectivity index (χ4n) is 3.16. The number of ether oxygens (including phenoxy) is 1. The summed E-state index contributed by atoms with van der Waals surface area (Å²) in [5, 5.41) is 7.11. The second-order valence-corrected chi connectivity index (χ2v) is 7.79. The molecule has 0 radical (unpaired) electrons. The molecule has 4 rings (SSSR count). The van der Waals surface area contributed by atoms with E-state index in [4.69, 9.17) is 14.7 Å². The summed E-state index contributed by atoms with van der Waals surface area (Å²) < 4.78 is 6.10. The summed E-state index contributed by atoms with van der Waals surface area (Å²) in [4.78, 5) is 21.7. The average Bonchev–Trinajstić information content (AvgIpc) is 2.79. The molecule has 31 heavy (non-hydrogen) atoms. The molecule has 0 saturated heterocycles. The number of carbonyl (C=O) groups excluding carboxylic acids is 1. The lowest BCUT2D eigenvalue weighted by Gasteiger charge is -2.11. The van der Waals surface area contributed by atoms with Gasteiger partial charge in [-0.1, -0.05) is 40.2 Å². The lowest BCUT2D eigenvalue weighted by atomic mass is 10.2. The molecule has 1 amide bonds. The number of amides is 1. The van der Waals surface area contributed by atoms with Crippen molar-refractivity contribution >= 4 is 44.2 Å². The maximum absolute atomic E-state index is 12.3. The van der Waals surface area contributed by atoms with Crippen molar-refractivity contribution in [2.24, 2.45) is 0 Å². The molecular weight excluding hydrogens is 456 g/mol. The number of halogens is 1. The zero-order chi connectivity index (χ0) is 21.6. The van der Waals surface area contributed by atoms with Crippen LogP contribution in [0.1, 0.15) is 6.42 Å². The smallest absolute Gasteiger partial charge is 0.226 e. The van der Waals surface area contributed by atoms with Crippen LogP contribution in [0.25, 0.3) is 22.3 Å². The second-order valence-electron chi connectivity index (χ2n) is 6.88. The van der Waals surface area contributed by atoms with Crippen molar-refractivity contribution in [1.29, 1.82) is 0 Å². The van der Waals surface area contributed by atoms with E-state index in [0.717, 1.165) is 32.4 Å². The van der Waals surface area contributed by atoms with E-state index in [-0.39, 0.29) is 5.91 Å². The molecular formula is C24H21BrN4O2. The molecule has 0 saturated carbocycles. The molecule has 4 aromatic rings. The average molecular weight is 477 g/mol. The van der Waals surface area contributed by atoms with Crippen LogP contribution in [-0.2, 0) is 4.79 Å². The van der Waals surface area contributed by atoms with Gasteiger partial charge in [-0.25, -0.2) is 9.97 Å². The van der Waals surface area contributed by atoms with Crippen LogP contribution >= 0.6 is 15.9 Å². The number of methoxy groups -OCH3 is 1. The molecule has 0 fully saturated rings. The Hall–Kier alpha value is -3.45. The highest BCUT2D eigenvalue weighted by atomic mass is 79.9. The van der Waals surface area contributed by atoms with Gasteiger partial charge in [0.2, 0.25) is 5.91 Å². The third-order valence-corrected chi connectivity index (χ3v) is 5.20. The minimum Gasteiger partial charge on any atom is -0.497 e. The SMILES string of the molecule is COc1ccc(NC(=O)CCNc2nc(-c3cccc(Br)c3)nc3ccccc23)cc1. The van der Waals surface area contributed by atoms with Crippen molar-refractivity contribution in [2.75, 3.05) is 24.3 Å². The summed E-state index contributed by atoms with van der Waals surface area (Å²) in [6, 6.07) is 22.9. The second kappa shape index (κ2) is 9.57. The Kier molecular flexibility index (Phi) is 6.43. The number of aromatic nitrogens is 2. The number of rotatable bonds is 7. The molecule has 1 heterocycles. The van der Waals surface area contributed by atoms with E-state index in [0.29, 0.717) is 24.6 Å². The number of carbonyl (C=O) groups is 1. The molecule has 1 aromatic heterocycles. The van der Waals surface area contributed by atoms with Crippen LogP contribution < -0.4 is 15.4 Å². The minimum absolute atomic E-state index is 0.0803. The Labute approximate surface area is 188 Å². The van der Waals surface area contributed by atoms with Gasteiger partial charge in [0, 0.05) is 34.1 Å². The van der Waals surface area contributed by atoms with E-state index in [1.807, 2.05) is 72.8 Å². The van der Waals surface area contributed by atoms with Gasteiger partial charge in [-0.3, -0.25) is 4.79 Å². The highest BCUT2D eigenvalue weighted by Gasteiger charge is 2.10. The third kappa shape index (κ3) is 5.19. The van der Waals surface area contributed by atoms with Gasteiger partial charge in [0.1, 0.15) is 11.6 Å². The van der Waals surface area contributed by atoms with Crippen LogP contribution in [0.2, 0.25) is 0 Å². The van der Waals surface area contributed by atoms with Gasteiger partial charge in [0.05, 0.1) is 12.6 Å². The molecule has 0 atom stereocenters. The molecule has 2 N–H and O–H groups in total. The number of para-hydroxylation sites is 1. The van der Waals surface area contributed by atoms with E-state index < -0.39 is 0 Å². The van der Waals surface area contributed by atoms with E-state index in [9.17, 15) is 4.79 Å². The van der Waals surface area contributed by atoms with Crippen molar-refractivity contribution in [3.8, 4) is 17.1 Å². The maximum Gasteiger partial charge on any atom is 0.226 e. The molecule has 6 nitrogen and oxygen atoms in total.